The Morgan fingerprint density at radius 3 is 1.66 bits per heavy atom. The number of unbranched alkanes of at least 4 members (excludes halogenated alkanes) is 1. The van der Waals surface area contributed by atoms with E-state index < -0.39 is 0 Å². The third-order valence-electron chi connectivity index (χ3n) is 7.05. The quantitative estimate of drug-likeness (QED) is 0.243. The van der Waals surface area contributed by atoms with Gasteiger partial charge in [0.1, 0.15) is 5.69 Å². The number of hydrogen-bond acceptors (Lipinski definition) is 3. The van der Waals surface area contributed by atoms with Gasteiger partial charge in [-0.05, 0) is 33.9 Å². The second kappa shape index (κ2) is 11.5. The molecule has 0 saturated carbocycles. The Bertz CT molecular complexity index is 1320. The highest BCUT2D eigenvalue weighted by Gasteiger charge is 2.20. The van der Waals surface area contributed by atoms with Gasteiger partial charge in [-0.3, -0.25) is 0 Å². The minimum absolute atomic E-state index is 0.104. The summed E-state index contributed by atoms with van der Waals surface area (Å²) in [6.07, 6.45) is 2.95. The molecule has 3 aromatic carbocycles. The Kier molecular flexibility index (Phi) is 8.35. The fraction of sp³-hybridized carbons (Fsp3) is 0.371. The van der Waals surface area contributed by atoms with Crippen molar-refractivity contribution in [3.8, 4) is 22.5 Å². The van der Waals surface area contributed by atoms with Crippen molar-refractivity contribution in [1.82, 2.24) is 9.97 Å². The molecule has 0 radical (unpaired) electrons. The summed E-state index contributed by atoms with van der Waals surface area (Å²) in [5, 5.41) is 3.62. The Labute approximate surface area is 229 Å². The molecule has 0 aliphatic rings. The lowest BCUT2D eigenvalue weighted by Crippen LogP contribution is -2.12. The molecule has 0 fully saturated rings. The fourth-order valence-electron chi connectivity index (χ4n) is 4.58. The molecule has 4 aromatic rings. The molecule has 0 spiro atoms. The number of nitrogens with zero attached hydrogens (tertiary/aromatic N) is 2. The summed E-state index contributed by atoms with van der Waals surface area (Å²) in [6.45, 7) is 16.6. The molecular weight excluding hydrogens is 462 g/mol. The van der Waals surface area contributed by atoms with Gasteiger partial charge < -0.3 is 5.32 Å². The number of benzene rings is 3. The van der Waals surface area contributed by atoms with Crippen molar-refractivity contribution in [2.75, 3.05) is 11.9 Å². The highest BCUT2D eigenvalue weighted by molar-refractivity contribution is 5.76. The van der Waals surface area contributed by atoms with Crippen molar-refractivity contribution >= 4 is 5.82 Å². The fourth-order valence-corrected chi connectivity index (χ4v) is 4.58. The lowest BCUT2D eigenvalue weighted by atomic mass is 9.86. The van der Waals surface area contributed by atoms with Crippen LogP contribution in [0.25, 0.3) is 22.5 Å². The van der Waals surface area contributed by atoms with Crippen molar-refractivity contribution in [2.24, 2.45) is 0 Å². The van der Waals surface area contributed by atoms with E-state index in [9.17, 15) is 0 Å². The predicted octanol–water partition coefficient (Wildman–Crippen LogP) is 9.21. The van der Waals surface area contributed by atoms with Gasteiger partial charge in [0, 0.05) is 24.1 Å². The second-order valence-corrected chi connectivity index (χ2v) is 12.3. The summed E-state index contributed by atoms with van der Waals surface area (Å²) in [5.74, 6) is 0.855. The van der Waals surface area contributed by atoms with Crippen LogP contribution in [0.1, 0.15) is 83.7 Å². The Morgan fingerprint density at radius 1 is 0.632 bits per heavy atom. The maximum absolute atomic E-state index is 5.33. The van der Waals surface area contributed by atoms with Crippen LogP contribution in [0.2, 0.25) is 0 Å². The molecule has 38 heavy (non-hydrogen) atoms. The second-order valence-electron chi connectivity index (χ2n) is 12.3. The van der Waals surface area contributed by atoms with Gasteiger partial charge in [-0.2, -0.15) is 0 Å². The third-order valence-corrected chi connectivity index (χ3v) is 7.05. The lowest BCUT2D eigenvalue weighted by molar-refractivity contribution is 0.590. The highest BCUT2D eigenvalue weighted by atomic mass is 15.0. The molecule has 1 aromatic heterocycles. The van der Waals surface area contributed by atoms with Gasteiger partial charge >= 0.3 is 0 Å². The Balaban J connectivity index is 1.86. The first-order valence-electron chi connectivity index (χ1n) is 14.0. The normalized spacial score (nSPS) is 12.0. The van der Waals surface area contributed by atoms with Crippen LogP contribution in [0.4, 0.5) is 5.82 Å². The van der Waals surface area contributed by atoms with Crippen molar-refractivity contribution in [3.05, 3.63) is 101 Å². The van der Waals surface area contributed by atoms with E-state index in [4.69, 9.17) is 9.97 Å². The molecule has 198 valence electrons. The SMILES string of the molecule is CCCCNc1nc(-c2ccc(C(C)(C)C)cc2)c(Cc2ccccc2)nc1-c1ccc(C(C)(C)C)cc1. The summed E-state index contributed by atoms with van der Waals surface area (Å²) >= 11 is 0. The molecule has 0 aliphatic carbocycles. The first kappa shape index (κ1) is 27.6. The van der Waals surface area contributed by atoms with Crippen LogP contribution in [-0.2, 0) is 17.3 Å². The van der Waals surface area contributed by atoms with E-state index in [1.807, 2.05) is 0 Å². The van der Waals surface area contributed by atoms with E-state index in [1.54, 1.807) is 0 Å². The zero-order valence-electron chi connectivity index (χ0n) is 24.2. The average Bonchev–Trinajstić information content (AvgIpc) is 2.89. The van der Waals surface area contributed by atoms with Crippen LogP contribution >= 0.6 is 0 Å². The van der Waals surface area contributed by atoms with Crippen LogP contribution in [0.3, 0.4) is 0 Å². The number of rotatable bonds is 8. The van der Waals surface area contributed by atoms with Gasteiger partial charge in [0.25, 0.3) is 0 Å². The third kappa shape index (κ3) is 6.69. The molecule has 3 heteroatoms. The van der Waals surface area contributed by atoms with Crippen LogP contribution < -0.4 is 5.32 Å². The molecule has 4 rings (SSSR count). The van der Waals surface area contributed by atoms with Crippen molar-refractivity contribution in [1.29, 1.82) is 0 Å². The smallest absolute Gasteiger partial charge is 0.153 e. The Hall–Kier alpha value is -3.46. The largest absolute Gasteiger partial charge is 0.368 e. The lowest BCUT2D eigenvalue weighted by Gasteiger charge is -2.21. The zero-order chi connectivity index (χ0) is 27.3. The van der Waals surface area contributed by atoms with Gasteiger partial charge in [0.05, 0.1) is 11.4 Å². The van der Waals surface area contributed by atoms with Gasteiger partial charge in [-0.1, -0.05) is 134 Å². The van der Waals surface area contributed by atoms with Gasteiger partial charge in [-0.15, -0.1) is 0 Å². The van der Waals surface area contributed by atoms with Gasteiger partial charge in [-0.25, -0.2) is 9.97 Å². The minimum Gasteiger partial charge on any atom is -0.368 e. The highest BCUT2D eigenvalue weighted by Crippen LogP contribution is 2.34. The maximum Gasteiger partial charge on any atom is 0.153 e. The number of anilines is 1. The Morgan fingerprint density at radius 2 is 1.16 bits per heavy atom. The van der Waals surface area contributed by atoms with E-state index >= 15 is 0 Å². The van der Waals surface area contributed by atoms with Gasteiger partial charge in [0.15, 0.2) is 5.82 Å². The molecule has 0 bridgehead atoms. The van der Waals surface area contributed by atoms with E-state index in [1.165, 1.54) is 16.7 Å². The molecule has 0 amide bonds. The molecule has 0 saturated heterocycles. The van der Waals surface area contributed by atoms with E-state index in [0.717, 1.165) is 59.8 Å². The van der Waals surface area contributed by atoms with Crippen molar-refractivity contribution in [2.45, 2.75) is 78.6 Å². The van der Waals surface area contributed by atoms with Crippen molar-refractivity contribution in [3.63, 3.8) is 0 Å². The summed E-state index contributed by atoms with van der Waals surface area (Å²) < 4.78 is 0. The number of hydrogen-bond donors (Lipinski definition) is 1. The molecular formula is C35H43N3. The summed E-state index contributed by atoms with van der Waals surface area (Å²) in [6, 6.07) is 28.3. The minimum atomic E-state index is 0.104. The predicted molar refractivity (Wildman–Crippen MR) is 163 cm³/mol. The maximum atomic E-state index is 5.33. The molecule has 0 atom stereocenters. The monoisotopic (exact) mass is 505 g/mol. The molecule has 1 N–H and O–H groups in total. The molecule has 1 heterocycles. The first-order valence-corrected chi connectivity index (χ1v) is 14.0. The van der Waals surface area contributed by atoms with E-state index in [-0.39, 0.29) is 10.8 Å². The van der Waals surface area contributed by atoms with E-state index in [0.29, 0.717) is 0 Å². The first-order chi connectivity index (χ1) is 18.1. The van der Waals surface area contributed by atoms with Crippen LogP contribution in [-0.4, -0.2) is 16.5 Å². The molecule has 3 nitrogen and oxygen atoms in total. The summed E-state index contributed by atoms with van der Waals surface area (Å²) in [4.78, 5) is 10.6. The van der Waals surface area contributed by atoms with Crippen LogP contribution in [0.15, 0.2) is 78.9 Å². The van der Waals surface area contributed by atoms with Crippen molar-refractivity contribution < 1.29 is 0 Å². The average molecular weight is 506 g/mol. The number of nitrogens with one attached hydrogen (secondary N) is 1. The van der Waals surface area contributed by atoms with Crippen LogP contribution in [0, 0.1) is 0 Å². The molecule has 0 unspecified atom stereocenters. The standard InChI is InChI=1S/C35H43N3/c1-8-9-23-36-33-32(27-17-21-29(22-18-27)35(5,6)7)37-30(24-25-13-11-10-12-14-25)31(38-33)26-15-19-28(20-16-26)34(2,3)4/h10-22H,8-9,23-24H2,1-7H3,(H,36,38). The molecule has 0 aliphatic heterocycles. The van der Waals surface area contributed by atoms with E-state index in [2.05, 4.69) is 133 Å². The topological polar surface area (TPSA) is 37.8 Å². The van der Waals surface area contributed by atoms with Crippen LogP contribution in [0.5, 0.6) is 0 Å². The van der Waals surface area contributed by atoms with Gasteiger partial charge in [0.2, 0.25) is 0 Å². The zero-order valence-corrected chi connectivity index (χ0v) is 24.2. The number of aromatic nitrogens is 2. The summed E-state index contributed by atoms with van der Waals surface area (Å²) in [7, 11) is 0. The summed E-state index contributed by atoms with van der Waals surface area (Å²) in [5.41, 5.74) is 9.13.